The Morgan fingerprint density at radius 2 is 1.90 bits per heavy atom. The fourth-order valence-corrected chi connectivity index (χ4v) is 2.35. The maximum Gasteiger partial charge on any atom is 0.340 e. The van der Waals surface area contributed by atoms with E-state index in [1.54, 1.807) is 6.07 Å². The average molecular weight is 399 g/mol. The van der Waals surface area contributed by atoms with Gasteiger partial charge in [-0.3, -0.25) is 0 Å². The molecule has 21 heavy (non-hydrogen) atoms. The van der Waals surface area contributed by atoms with Gasteiger partial charge in [-0.05, 0) is 65.4 Å². The van der Waals surface area contributed by atoms with Gasteiger partial charge in [0.2, 0.25) is 0 Å². The standard InChI is InChI=1S/C16H15FINO2/c1-10(11-3-6-13(18)7-4-11)19-15-8-5-12(17)9-14(15)16(20)21-2/h3-10,19H,1-2H3. The van der Waals surface area contributed by atoms with Crippen molar-refractivity contribution >= 4 is 34.2 Å². The number of rotatable bonds is 4. The molecule has 0 aliphatic carbocycles. The molecule has 1 unspecified atom stereocenters. The predicted molar refractivity (Wildman–Crippen MR) is 88.9 cm³/mol. The van der Waals surface area contributed by atoms with Crippen LogP contribution in [-0.4, -0.2) is 13.1 Å². The van der Waals surface area contributed by atoms with Crippen molar-refractivity contribution in [2.75, 3.05) is 12.4 Å². The largest absolute Gasteiger partial charge is 0.465 e. The first kappa shape index (κ1) is 15.8. The van der Waals surface area contributed by atoms with Crippen LogP contribution in [0.2, 0.25) is 0 Å². The Morgan fingerprint density at radius 1 is 1.24 bits per heavy atom. The molecular weight excluding hydrogens is 384 g/mol. The van der Waals surface area contributed by atoms with E-state index in [-0.39, 0.29) is 11.6 Å². The highest BCUT2D eigenvalue weighted by atomic mass is 127. The number of benzene rings is 2. The van der Waals surface area contributed by atoms with Gasteiger partial charge in [-0.15, -0.1) is 0 Å². The normalized spacial score (nSPS) is 11.8. The maximum absolute atomic E-state index is 13.3. The topological polar surface area (TPSA) is 38.3 Å². The molecule has 0 saturated carbocycles. The molecule has 1 atom stereocenters. The number of esters is 1. The molecule has 0 aliphatic rings. The van der Waals surface area contributed by atoms with Gasteiger partial charge in [-0.1, -0.05) is 12.1 Å². The molecule has 0 fully saturated rings. The van der Waals surface area contributed by atoms with Crippen LogP contribution in [0.5, 0.6) is 0 Å². The van der Waals surface area contributed by atoms with Crippen LogP contribution in [0, 0.1) is 9.39 Å². The third-order valence-electron chi connectivity index (χ3n) is 3.13. The Morgan fingerprint density at radius 3 is 2.52 bits per heavy atom. The lowest BCUT2D eigenvalue weighted by atomic mass is 10.1. The van der Waals surface area contributed by atoms with E-state index in [9.17, 15) is 9.18 Å². The number of anilines is 1. The maximum atomic E-state index is 13.3. The Hall–Kier alpha value is -1.63. The van der Waals surface area contributed by atoms with Gasteiger partial charge in [0.1, 0.15) is 5.82 Å². The van der Waals surface area contributed by atoms with Gasteiger partial charge in [0, 0.05) is 15.3 Å². The van der Waals surface area contributed by atoms with Crippen molar-refractivity contribution in [3.8, 4) is 0 Å². The molecule has 0 aromatic heterocycles. The van der Waals surface area contributed by atoms with E-state index in [4.69, 9.17) is 0 Å². The van der Waals surface area contributed by atoms with Gasteiger partial charge >= 0.3 is 5.97 Å². The second kappa shape index (κ2) is 6.89. The summed E-state index contributed by atoms with van der Waals surface area (Å²) in [6, 6.07) is 12.1. The van der Waals surface area contributed by atoms with Crippen molar-refractivity contribution in [1.29, 1.82) is 0 Å². The number of ether oxygens (including phenoxy) is 1. The molecule has 0 heterocycles. The summed E-state index contributed by atoms with van der Waals surface area (Å²) in [5, 5.41) is 3.22. The van der Waals surface area contributed by atoms with E-state index in [1.165, 1.54) is 19.2 Å². The number of carbonyl (C=O) groups is 1. The van der Waals surface area contributed by atoms with Crippen LogP contribution in [0.3, 0.4) is 0 Å². The minimum Gasteiger partial charge on any atom is -0.465 e. The molecule has 2 aromatic rings. The van der Waals surface area contributed by atoms with Crippen molar-refractivity contribution in [3.63, 3.8) is 0 Å². The van der Waals surface area contributed by atoms with Crippen LogP contribution in [0.4, 0.5) is 10.1 Å². The Balaban J connectivity index is 2.26. The summed E-state index contributed by atoms with van der Waals surface area (Å²) in [5.41, 5.74) is 1.82. The van der Waals surface area contributed by atoms with E-state index in [0.29, 0.717) is 5.69 Å². The van der Waals surface area contributed by atoms with Gasteiger partial charge < -0.3 is 10.1 Å². The summed E-state index contributed by atoms with van der Waals surface area (Å²) < 4.78 is 19.2. The van der Waals surface area contributed by atoms with E-state index >= 15 is 0 Å². The first-order chi connectivity index (χ1) is 10.0. The van der Waals surface area contributed by atoms with Crippen molar-refractivity contribution in [2.45, 2.75) is 13.0 Å². The highest BCUT2D eigenvalue weighted by Crippen LogP contribution is 2.24. The van der Waals surface area contributed by atoms with Crippen LogP contribution in [0.1, 0.15) is 28.9 Å². The van der Waals surface area contributed by atoms with Gasteiger partial charge in [-0.25, -0.2) is 9.18 Å². The summed E-state index contributed by atoms with van der Waals surface area (Å²) in [6.45, 7) is 1.98. The molecule has 0 saturated heterocycles. The third-order valence-corrected chi connectivity index (χ3v) is 3.85. The molecule has 3 nitrogen and oxygen atoms in total. The molecule has 2 aromatic carbocycles. The van der Waals surface area contributed by atoms with Crippen LogP contribution < -0.4 is 5.32 Å². The van der Waals surface area contributed by atoms with E-state index < -0.39 is 11.8 Å². The third kappa shape index (κ3) is 3.93. The zero-order chi connectivity index (χ0) is 15.4. The number of nitrogens with one attached hydrogen (secondary N) is 1. The van der Waals surface area contributed by atoms with Crippen molar-refractivity contribution in [2.24, 2.45) is 0 Å². The smallest absolute Gasteiger partial charge is 0.340 e. The second-order valence-electron chi connectivity index (χ2n) is 4.60. The van der Waals surface area contributed by atoms with E-state index in [0.717, 1.165) is 9.13 Å². The Kier molecular flexibility index (Phi) is 5.17. The van der Waals surface area contributed by atoms with Crippen molar-refractivity contribution < 1.29 is 13.9 Å². The molecule has 110 valence electrons. The van der Waals surface area contributed by atoms with Crippen LogP contribution in [0.25, 0.3) is 0 Å². The number of hydrogen-bond donors (Lipinski definition) is 1. The molecular formula is C16H15FINO2. The molecule has 1 N–H and O–H groups in total. The van der Waals surface area contributed by atoms with E-state index in [1.807, 2.05) is 31.2 Å². The van der Waals surface area contributed by atoms with Crippen LogP contribution in [0.15, 0.2) is 42.5 Å². The Bertz CT molecular complexity index is 643. The second-order valence-corrected chi connectivity index (χ2v) is 5.84. The highest BCUT2D eigenvalue weighted by Gasteiger charge is 2.15. The molecule has 0 bridgehead atoms. The van der Waals surface area contributed by atoms with Gasteiger partial charge in [0.05, 0.1) is 12.7 Å². The lowest BCUT2D eigenvalue weighted by molar-refractivity contribution is 0.0601. The summed E-state index contributed by atoms with van der Waals surface area (Å²) in [5.74, 6) is -1.03. The average Bonchev–Trinajstić information content (AvgIpc) is 2.48. The molecule has 5 heteroatoms. The van der Waals surface area contributed by atoms with Crippen molar-refractivity contribution in [3.05, 3.63) is 63.0 Å². The monoisotopic (exact) mass is 399 g/mol. The fraction of sp³-hybridized carbons (Fsp3) is 0.188. The zero-order valence-corrected chi connectivity index (χ0v) is 13.8. The Labute approximate surface area is 136 Å². The summed E-state index contributed by atoms with van der Waals surface area (Å²) in [4.78, 5) is 11.7. The molecule has 0 aliphatic heterocycles. The molecule has 0 spiro atoms. The van der Waals surface area contributed by atoms with E-state index in [2.05, 4.69) is 32.6 Å². The zero-order valence-electron chi connectivity index (χ0n) is 11.7. The molecule has 0 amide bonds. The lowest BCUT2D eigenvalue weighted by Crippen LogP contribution is -2.12. The minimum atomic E-state index is -0.563. The quantitative estimate of drug-likeness (QED) is 0.612. The highest BCUT2D eigenvalue weighted by molar-refractivity contribution is 14.1. The lowest BCUT2D eigenvalue weighted by Gasteiger charge is -2.18. The molecule has 0 radical (unpaired) electrons. The number of hydrogen-bond acceptors (Lipinski definition) is 3. The number of methoxy groups -OCH3 is 1. The first-order valence-corrected chi connectivity index (χ1v) is 7.49. The first-order valence-electron chi connectivity index (χ1n) is 6.41. The summed E-state index contributed by atoms with van der Waals surface area (Å²) in [7, 11) is 1.28. The number of halogens is 2. The summed E-state index contributed by atoms with van der Waals surface area (Å²) in [6.07, 6.45) is 0. The van der Waals surface area contributed by atoms with Crippen LogP contribution in [-0.2, 0) is 4.74 Å². The van der Waals surface area contributed by atoms with Gasteiger partial charge in [0.15, 0.2) is 0 Å². The fourth-order valence-electron chi connectivity index (χ4n) is 1.99. The van der Waals surface area contributed by atoms with Crippen LogP contribution >= 0.6 is 22.6 Å². The molecule has 2 rings (SSSR count). The summed E-state index contributed by atoms with van der Waals surface area (Å²) >= 11 is 2.24. The predicted octanol–water partition coefficient (Wildman–Crippen LogP) is 4.39. The van der Waals surface area contributed by atoms with Gasteiger partial charge in [0.25, 0.3) is 0 Å². The van der Waals surface area contributed by atoms with Crippen molar-refractivity contribution in [1.82, 2.24) is 0 Å². The van der Waals surface area contributed by atoms with Gasteiger partial charge in [-0.2, -0.15) is 0 Å². The SMILES string of the molecule is COC(=O)c1cc(F)ccc1NC(C)c1ccc(I)cc1. The number of carbonyl (C=O) groups excluding carboxylic acids is 1. The minimum absolute atomic E-state index is 0.0177.